The molecule has 2 N–H and O–H groups in total. The molecule has 9 heteroatoms. The van der Waals surface area contributed by atoms with Crippen molar-refractivity contribution < 1.29 is 27.9 Å². The molecule has 1 atom stereocenters. The second kappa shape index (κ2) is 6.98. The summed E-state index contributed by atoms with van der Waals surface area (Å²) >= 11 is 0. The van der Waals surface area contributed by atoms with Crippen LogP contribution < -0.4 is 10.2 Å². The normalized spacial score (nSPS) is 16.7. The lowest BCUT2D eigenvalue weighted by Crippen LogP contribution is -2.54. The molecule has 1 aliphatic rings. The summed E-state index contributed by atoms with van der Waals surface area (Å²) in [5.41, 5.74) is -0.265. The van der Waals surface area contributed by atoms with Gasteiger partial charge in [0.25, 0.3) is 0 Å². The van der Waals surface area contributed by atoms with Crippen molar-refractivity contribution >= 4 is 17.7 Å². The zero-order valence-corrected chi connectivity index (χ0v) is 13.0. The molecule has 1 aliphatic heterocycles. The topological polar surface area (TPSA) is 72.9 Å². The van der Waals surface area contributed by atoms with Crippen molar-refractivity contribution in [2.24, 2.45) is 0 Å². The molecule has 1 fully saturated rings. The first-order valence-electron chi connectivity index (χ1n) is 7.39. The minimum atomic E-state index is -4.40. The van der Waals surface area contributed by atoms with Crippen LogP contribution in [0, 0.1) is 0 Å². The predicted octanol–water partition coefficient (Wildman–Crippen LogP) is 2.01. The van der Waals surface area contributed by atoms with Gasteiger partial charge in [0.05, 0.1) is 5.56 Å². The smallest absolute Gasteiger partial charge is 0.416 e. The summed E-state index contributed by atoms with van der Waals surface area (Å²) in [4.78, 5) is 25.9. The third-order valence-electron chi connectivity index (χ3n) is 3.82. The van der Waals surface area contributed by atoms with E-state index in [-0.39, 0.29) is 0 Å². The van der Waals surface area contributed by atoms with Crippen LogP contribution in [0.4, 0.5) is 23.7 Å². The molecule has 1 unspecified atom stereocenters. The summed E-state index contributed by atoms with van der Waals surface area (Å²) in [5, 5.41) is 11.1. The average Bonchev–Trinajstić information content (AvgIpc) is 2.54. The highest BCUT2D eigenvalue weighted by atomic mass is 19.4. The number of hydrogen-bond donors (Lipinski definition) is 2. The highest BCUT2D eigenvalue weighted by Crippen LogP contribution is 2.31. The number of carboxylic acid groups (broad SMARTS) is 1. The number of benzene rings is 1. The van der Waals surface area contributed by atoms with Gasteiger partial charge in [-0.3, -0.25) is 4.79 Å². The number of halogens is 3. The summed E-state index contributed by atoms with van der Waals surface area (Å²) in [5.74, 6) is -1.13. The van der Waals surface area contributed by atoms with Crippen molar-refractivity contribution in [2.45, 2.75) is 19.1 Å². The maximum atomic E-state index is 12.8. The molecule has 2 rings (SSSR count). The van der Waals surface area contributed by atoms with E-state index in [1.165, 1.54) is 17.9 Å². The van der Waals surface area contributed by atoms with Crippen LogP contribution in [0.1, 0.15) is 12.5 Å². The Morgan fingerprint density at radius 3 is 2.38 bits per heavy atom. The fraction of sp³-hybridized carbons (Fsp3) is 0.467. The van der Waals surface area contributed by atoms with Crippen molar-refractivity contribution in [3.05, 3.63) is 29.8 Å². The van der Waals surface area contributed by atoms with E-state index in [9.17, 15) is 22.8 Å². The SMILES string of the molecule is CC(NC(=O)N1CCN(c2cccc(C(F)(F)F)c2)CC1)C(=O)O. The average molecular weight is 345 g/mol. The molecule has 2 amide bonds. The third kappa shape index (κ3) is 4.30. The first kappa shape index (κ1) is 17.9. The summed E-state index contributed by atoms with van der Waals surface area (Å²) in [6, 6.07) is 3.55. The molecule has 0 saturated carbocycles. The minimum Gasteiger partial charge on any atom is -0.480 e. The number of urea groups is 1. The van der Waals surface area contributed by atoms with Crippen LogP contribution in [0.25, 0.3) is 0 Å². The van der Waals surface area contributed by atoms with Crippen LogP contribution in [-0.2, 0) is 11.0 Å². The standard InChI is InChI=1S/C15H18F3N3O3/c1-10(13(22)23)19-14(24)21-7-5-20(6-8-21)12-4-2-3-11(9-12)15(16,17)18/h2-4,9-10H,5-8H2,1H3,(H,19,24)(H,22,23). The van der Waals surface area contributed by atoms with Gasteiger partial charge in [-0.05, 0) is 25.1 Å². The van der Waals surface area contributed by atoms with Crippen molar-refractivity contribution in [1.29, 1.82) is 0 Å². The third-order valence-corrected chi connectivity index (χ3v) is 3.82. The Bertz CT molecular complexity index is 613. The number of nitrogens with zero attached hydrogens (tertiary/aromatic N) is 2. The largest absolute Gasteiger partial charge is 0.480 e. The number of nitrogens with one attached hydrogen (secondary N) is 1. The Hall–Kier alpha value is -2.45. The van der Waals surface area contributed by atoms with Crippen molar-refractivity contribution in [3.63, 3.8) is 0 Å². The van der Waals surface area contributed by atoms with Crippen LogP contribution in [0.5, 0.6) is 0 Å². The van der Waals surface area contributed by atoms with E-state index in [0.29, 0.717) is 31.9 Å². The molecular weight excluding hydrogens is 327 g/mol. The number of rotatable bonds is 3. The second-order valence-corrected chi connectivity index (χ2v) is 5.53. The summed E-state index contributed by atoms with van der Waals surface area (Å²) in [6.07, 6.45) is -4.40. The van der Waals surface area contributed by atoms with Crippen LogP contribution >= 0.6 is 0 Å². The van der Waals surface area contributed by atoms with Crippen molar-refractivity contribution in [1.82, 2.24) is 10.2 Å². The van der Waals surface area contributed by atoms with Gasteiger partial charge in [0, 0.05) is 31.9 Å². The fourth-order valence-corrected chi connectivity index (χ4v) is 2.38. The molecule has 0 aliphatic carbocycles. The van der Waals surface area contributed by atoms with Gasteiger partial charge in [0.2, 0.25) is 0 Å². The number of carbonyl (C=O) groups is 2. The van der Waals surface area contributed by atoms with Crippen LogP contribution in [0.15, 0.2) is 24.3 Å². The van der Waals surface area contributed by atoms with E-state index in [4.69, 9.17) is 5.11 Å². The highest BCUT2D eigenvalue weighted by molar-refractivity contribution is 5.82. The Kier molecular flexibility index (Phi) is 5.20. The molecule has 1 saturated heterocycles. The zero-order valence-electron chi connectivity index (χ0n) is 13.0. The van der Waals surface area contributed by atoms with Gasteiger partial charge in [-0.15, -0.1) is 0 Å². The first-order chi connectivity index (χ1) is 11.2. The Balaban J connectivity index is 1.96. The van der Waals surface area contributed by atoms with Crippen LogP contribution in [0.3, 0.4) is 0 Å². The first-order valence-corrected chi connectivity index (χ1v) is 7.39. The maximum Gasteiger partial charge on any atom is 0.416 e. The summed E-state index contributed by atoms with van der Waals surface area (Å²) in [7, 11) is 0. The quantitative estimate of drug-likeness (QED) is 0.879. The number of hydrogen-bond acceptors (Lipinski definition) is 3. The molecule has 0 bridgehead atoms. The number of alkyl halides is 3. The maximum absolute atomic E-state index is 12.8. The molecule has 1 heterocycles. The molecule has 1 aromatic carbocycles. The lowest BCUT2D eigenvalue weighted by Gasteiger charge is -2.36. The number of carboxylic acids is 1. The van der Waals surface area contributed by atoms with E-state index in [2.05, 4.69) is 5.32 Å². The van der Waals surface area contributed by atoms with Gasteiger partial charge >= 0.3 is 18.2 Å². The summed E-state index contributed by atoms with van der Waals surface area (Å²) < 4.78 is 38.3. The molecule has 1 aromatic rings. The molecule has 0 spiro atoms. The number of piperazine rings is 1. The number of carbonyl (C=O) groups excluding carboxylic acids is 1. The van der Waals surface area contributed by atoms with E-state index < -0.39 is 29.8 Å². The number of aliphatic carboxylic acids is 1. The van der Waals surface area contributed by atoms with Gasteiger partial charge in [-0.1, -0.05) is 6.07 Å². The van der Waals surface area contributed by atoms with Crippen molar-refractivity contribution in [3.8, 4) is 0 Å². The van der Waals surface area contributed by atoms with Crippen LogP contribution in [0.2, 0.25) is 0 Å². The fourth-order valence-electron chi connectivity index (χ4n) is 2.38. The van der Waals surface area contributed by atoms with E-state index >= 15 is 0 Å². The Morgan fingerprint density at radius 1 is 1.21 bits per heavy atom. The highest BCUT2D eigenvalue weighted by Gasteiger charge is 2.31. The summed E-state index contributed by atoms with van der Waals surface area (Å²) in [6.45, 7) is 2.70. The monoisotopic (exact) mass is 345 g/mol. The van der Waals surface area contributed by atoms with E-state index in [1.807, 2.05) is 0 Å². The van der Waals surface area contributed by atoms with E-state index in [1.54, 1.807) is 11.0 Å². The second-order valence-electron chi connectivity index (χ2n) is 5.53. The lowest BCUT2D eigenvalue weighted by atomic mass is 10.1. The van der Waals surface area contributed by atoms with Gasteiger partial charge in [-0.2, -0.15) is 13.2 Å². The van der Waals surface area contributed by atoms with Gasteiger partial charge in [-0.25, -0.2) is 4.79 Å². The molecule has 0 aromatic heterocycles. The van der Waals surface area contributed by atoms with Gasteiger partial charge in [0.15, 0.2) is 0 Å². The minimum absolute atomic E-state index is 0.300. The Morgan fingerprint density at radius 2 is 1.83 bits per heavy atom. The molecule has 132 valence electrons. The number of anilines is 1. The van der Waals surface area contributed by atoms with E-state index in [0.717, 1.165) is 12.1 Å². The number of amides is 2. The van der Waals surface area contributed by atoms with Crippen LogP contribution in [-0.4, -0.2) is 54.2 Å². The van der Waals surface area contributed by atoms with Gasteiger partial charge in [0.1, 0.15) is 6.04 Å². The molecule has 24 heavy (non-hydrogen) atoms. The molecule has 0 radical (unpaired) electrons. The van der Waals surface area contributed by atoms with Gasteiger partial charge < -0.3 is 20.2 Å². The Labute approximate surface area is 136 Å². The lowest BCUT2D eigenvalue weighted by molar-refractivity contribution is -0.139. The zero-order chi connectivity index (χ0) is 17.9. The predicted molar refractivity (Wildman–Crippen MR) is 80.9 cm³/mol. The molecular formula is C15H18F3N3O3. The molecule has 6 nitrogen and oxygen atoms in total. The van der Waals surface area contributed by atoms with Crippen molar-refractivity contribution in [2.75, 3.05) is 31.1 Å².